The monoisotopic (exact) mass is 158 g/mol. The van der Waals surface area contributed by atoms with Gasteiger partial charge in [0.2, 0.25) is 0 Å². The van der Waals surface area contributed by atoms with Crippen molar-refractivity contribution in [3.05, 3.63) is 34.3 Å². The predicted octanol–water partition coefficient (Wildman–Crippen LogP) is 1.29. The average molecular weight is 157 g/mol. The van der Waals surface area contributed by atoms with Gasteiger partial charge in [-0.3, -0.25) is 0 Å². The van der Waals surface area contributed by atoms with Crippen LogP contribution in [0.1, 0.15) is 0 Å². The van der Waals surface area contributed by atoms with Crippen LogP contribution in [0.5, 0.6) is 0 Å². The predicted molar refractivity (Wildman–Crippen MR) is 33.2 cm³/mol. The van der Waals surface area contributed by atoms with E-state index in [4.69, 9.17) is 0 Å². The molecule has 0 amide bonds. The van der Waals surface area contributed by atoms with Gasteiger partial charge in [0.1, 0.15) is 0 Å². The minimum atomic E-state index is 0.615. The number of rotatable bonds is 0. The van der Waals surface area contributed by atoms with Crippen LogP contribution in [-0.4, -0.2) is 15.0 Å². The first-order valence-corrected chi connectivity index (χ1v) is 4.12. The van der Waals surface area contributed by atoms with Gasteiger partial charge in [0, 0.05) is 0 Å². The molecule has 0 radical (unpaired) electrons. The van der Waals surface area contributed by atoms with Gasteiger partial charge in [-0.1, -0.05) is 0 Å². The van der Waals surface area contributed by atoms with Crippen LogP contribution < -0.4 is 0 Å². The normalized spacial score (nSPS) is 17.1. The molecule has 0 fully saturated rings. The van der Waals surface area contributed by atoms with Crippen molar-refractivity contribution in [2.24, 2.45) is 0 Å². The molecule has 0 aromatic heterocycles. The van der Waals surface area contributed by atoms with Crippen molar-refractivity contribution in [2.45, 2.75) is 0 Å². The Morgan fingerprint density at radius 3 is 1.86 bits per heavy atom. The maximum atomic E-state index is 2.19. The Kier molecular flexibility index (Phi) is 1.98. The quantitative estimate of drug-likeness (QED) is 0.465. The molecule has 0 nitrogen and oxygen atoms in total. The molecule has 1 heterocycles. The second-order valence-electron chi connectivity index (χ2n) is 1.18. The van der Waals surface area contributed by atoms with Gasteiger partial charge >= 0.3 is 49.2 Å². The van der Waals surface area contributed by atoms with Crippen LogP contribution in [0, 0.1) is 0 Å². The molecule has 0 saturated carbocycles. The molecular weight excluding hydrogens is 151 g/mol. The molecular formula is C6H6Se. The Bertz CT molecular complexity index is 106. The van der Waals surface area contributed by atoms with Crippen molar-refractivity contribution >= 4 is 15.0 Å². The van der Waals surface area contributed by atoms with Crippen molar-refractivity contribution in [2.75, 3.05) is 0 Å². The van der Waals surface area contributed by atoms with Crippen molar-refractivity contribution in [1.82, 2.24) is 0 Å². The van der Waals surface area contributed by atoms with Gasteiger partial charge < -0.3 is 0 Å². The topological polar surface area (TPSA) is 0 Å². The second-order valence-corrected chi connectivity index (χ2v) is 2.89. The number of hydrogen-bond acceptors (Lipinski definition) is 0. The van der Waals surface area contributed by atoms with E-state index in [0.717, 1.165) is 0 Å². The summed E-state index contributed by atoms with van der Waals surface area (Å²) < 4.78 is 0. The summed E-state index contributed by atoms with van der Waals surface area (Å²) in [7, 11) is 0. The van der Waals surface area contributed by atoms with E-state index >= 15 is 0 Å². The van der Waals surface area contributed by atoms with E-state index in [1.165, 1.54) is 0 Å². The first kappa shape index (κ1) is 4.89. The van der Waals surface area contributed by atoms with Crippen molar-refractivity contribution < 1.29 is 0 Å². The third-order valence-corrected chi connectivity index (χ3v) is 1.97. The van der Waals surface area contributed by atoms with Crippen molar-refractivity contribution in [3.8, 4) is 0 Å². The molecule has 0 spiro atoms. The molecule has 0 aromatic carbocycles. The van der Waals surface area contributed by atoms with E-state index in [1.54, 1.807) is 0 Å². The third-order valence-electron chi connectivity index (χ3n) is 0.648. The van der Waals surface area contributed by atoms with E-state index in [0.29, 0.717) is 15.0 Å². The molecule has 0 aliphatic carbocycles. The zero-order chi connectivity index (χ0) is 4.95. The van der Waals surface area contributed by atoms with E-state index in [9.17, 15) is 0 Å². The molecule has 0 unspecified atom stereocenters. The summed E-state index contributed by atoms with van der Waals surface area (Å²) in [6, 6.07) is 0. The molecule has 1 rings (SSSR count). The molecule has 0 aromatic rings. The van der Waals surface area contributed by atoms with E-state index in [1.807, 2.05) is 12.2 Å². The SMILES string of the molecule is C1=CC=C[Se]C=C1. The number of hydrogen-bond donors (Lipinski definition) is 0. The van der Waals surface area contributed by atoms with Crippen LogP contribution in [0.15, 0.2) is 34.3 Å². The molecule has 1 heteroatoms. The molecule has 36 valence electrons. The van der Waals surface area contributed by atoms with Crippen LogP contribution in [0.2, 0.25) is 0 Å². The van der Waals surface area contributed by atoms with Crippen LogP contribution in [0.3, 0.4) is 0 Å². The van der Waals surface area contributed by atoms with Crippen LogP contribution in [-0.2, 0) is 0 Å². The van der Waals surface area contributed by atoms with Gasteiger partial charge in [0.15, 0.2) is 0 Å². The Morgan fingerprint density at radius 2 is 1.29 bits per heavy atom. The molecule has 0 N–H and O–H groups in total. The van der Waals surface area contributed by atoms with Gasteiger partial charge in [-0.15, -0.1) is 0 Å². The van der Waals surface area contributed by atoms with E-state index in [-0.39, 0.29) is 0 Å². The zero-order valence-corrected chi connectivity index (χ0v) is 5.59. The summed E-state index contributed by atoms with van der Waals surface area (Å²) in [5, 5.41) is 0. The minimum absolute atomic E-state index is 0.615. The Morgan fingerprint density at radius 1 is 0.714 bits per heavy atom. The summed E-state index contributed by atoms with van der Waals surface area (Å²) in [5.74, 6) is 0. The third kappa shape index (κ3) is 1.77. The summed E-state index contributed by atoms with van der Waals surface area (Å²) >= 11 is 0.615. The fourth-order valence-electron chi connectivity index (χ4n) is 0.355. The summed E-state index contributed by atoms with van der Waals surface area (Å²) in [4.78, 5) is 4.38. The summed E-state index contributed by atoms with van der Waals surface area (Å²) in [6.07, 6.45) is 8.26. The van der Waals surface area contributed by atoms with Gasteiger partial charge in [-0.25, -0.2) is 0 Å². The van der Waals surface area contributed by atoms with Gasteiger partial charge in [0.05, 0.1) is 0 Å². The van der Waals surface area contributed by atoms with Crippen molar-refractivity contribution in [3.63, 3.8) is 0 Å². The first-order chi connectivity index (χ1) is 3.50. The molecule has 1 aliphatic heterocycles. The standard InChI is InChI=1S/C6H6Se/c1-2-4-6-7-5-3-1/h1-6H. The van der Waals surface area contributed by atoms with Gasteiger partial charge in [-0.05, 0) is 0 Å². The summed E-state index contributed by atoms with van der Waals surface area (Å²) in [6.45, 7) is 0. The molecule has 7 heavy (non-hydrogen) atoms. The van der Waals surface area contributed by atoms with Crippen LogP contribution in [0.4, 0.5) is 0 Å². The van der Waals surface area contributed by atoms with Crippen molar-refractivity contribution in [1.29, 1.82) is 0 Å². The average Bonchev–Trinajstić information content (AvgIpc) is 1.90. The van der Waals surface area contributed by atoms with E-state index < -0.39 is 0 Å². The van der Waals surface area contributed by atoms with Gasteiger partial charge in [0.25, 0.3) is 0 Å². The molecule has 0 bridgehead atoms. The Balaban J connectivity index is 2.60. The molecule has 0 atom stereocenters. The van der Waals surface area contributed by atoms with Gasteiger partial charge in [-0.2, -0.15) is 0 Å². The Hall–Kier alpha value is -0.261. The molecule has 1 aliphatic rings. The fraction of sp³-hybridized carbons (Fsp3) is 0. The van der Waals surface area contributed by atoms with Crippen LogP contribution >= 0.6 is 0 Å². The fourth-order valence-corrected chi connectivity index (χ4v) is 1.31. The second kappa shape index (κ2) is 2.84. The Labute approximate surface area is 49.8 Å². The van der Waals surface area contributed by atoms with E-state index in [2.05, 4.69) is 22.1 Å². The first-order valence-electron chi connectivity index (χ1n) is 2.14. The maximum absolute atomic E-state index is 2.19. The zero-order valence-electron chi connectivity index (χ0n) is 3.87. The molecule has 0 saturated heterocycles. The summed E-state index contributed by atoms with van der Waals surface area (Å²) in [5.41, 5.74) is 0. The number of allylic oxidation sites excluding steroid dienone is 4. The van der Waals surface area contributed by atoms with Crippen LogP contribution in [0.25, 0.3) is 0 Å².